The van der Waals surface area contributed by atoms with Gasteiger partial charge in [0.05, 0.1) is 13.0 Å². The first-order valence-electron chi connectivity index (χ1n) is 4.23. The van der Waals surface area contributed by atoms with E-state index in [1.807, 2.05) is 6.92 Å². The zero-order valence-electron chi connectivity index (χ0n) is 7.77. The molecule has 1 rings (SSSR count). The van der Waals surface area contributed by atoms with Crippen LogP contribution in [-0.4, -0.2) is 12.8 Å². The molecule has 0 N–H and O–H groups in total. The fraction of sp³-hybridized carbons (Fsp3) is 0.400. The number of alkyl halides is 3. The molecule has 0 atom stereocenters. The third-order valence-electron chi connectivity index (χ3n) is 1.68. The predicted molar refractivity (Wildman–Crippen MR) is 47.3 cm³/mol. The first-order valence-corrected chi connectivity index (χ1v) is 4.23. The lowest BCUT2D eigenvalue weighted by Gasteiger charge is -2.08. The second kappa shape index (κ2) is 4.35. The summed E-state index contributed by atoms with van der Waals surface area (Å²) in [6, 6.07) is 6.91. The van der Waals surface area contributed by atoms with Gasteiger partial charge in [-0.05, 0) is 19.1 Å². The number of hydrogen-bond acceptors (Lipinski definition) is 1. The van der Waals surface area contributed by atoms with Crippen LogP contribution in [0.3, 0.4) is 0 Å². The lowest BCUT2D eigenvalue weighted by molar-refractivity contribution is -0.139. The summed E-state index contributed by atoms with van der Waals surface area (Å²) >= 11 is 0. The maximum atomic E-state index is 11.7. The van der Waals surface area contributed by atoms with Crippen LogP contribution in [0.15, 0.2) is 24.3 Å². The SMILES string of the molecule is Cc1ccc(OCCC(F)(F)F)cc1. The summed E-state index contributed by atoms with van der Waals surface area (Å²) in [5, 5.41) is 0. The second-order valence-corrected chi connectivity index (χ2v) is 3.03. The molecule has 0 radical (unpaired) electrons. The van der Waals surface area contributed by atoms with Crippen molar-refractivity contribution < 1.29 is 17.9 Å². The minimum Gasteiger partial charge on any atom is -0.493 e. The topological polar surface area (TPSA) is 9.23 Å². The molecule has 4 heteroatoms. The predicted octanol–water partition coefficient (Wildman–Crippen LogP) is 3.33. The van der Waals surface area contributed by atoms with Crippen molar-refractivity contribution in [3.8, 4) is 5.75 Å². The standard InChI is InChI=1S/C10H11F3O/c1-8-2-4-9(5-3-8)14-7-6-10(11,12)13/h2-5H,6-7H2,1H3. The summed E-state index contributed by atoms with van der Waals surface area (Å²) in [6.07, 6.45) is -5.06. The fourth-order valence-corrected chi connectivity index (χ4v) is 0.919. The number of rotatable bonds is 3. The molecule has 0 saturated heterocycles. The molecule has 1 aromatic rings. The maximum absolute atomic E-state index is 11.7. The molecule has 0 aliphatic heterocycles. The van der Waals surface area contributed by atoms with E-state index in [2.05, 4.69) is 0 Å². The fourth-order valence-electron chi connectivity index (χ4n) is 0.919. The first kappa shape index (κ1) is 10.9. The van der Waals surface area contributed by atoms with Gasteiger partial charge in [0, 0.05) is 0 Å². The van der Waals surface area contributed by atoms with E-state index in [9.17, 15) is 13.2 Å². The number of ether oxygens (including phenoxy) is 1. The molecule has 0 bridgehead atoms. The van der Waals surface area contributed by atoms with Crippen molar-refractivity contribution >= 4 is 0 Å². The molecule has 14 heavy (non-hydrogen) atoms. The summed E-state index contributed by atoms with van der Waals surface area (Å²) < 4.78 is 40.1. The summed E-state index contributed by atoms with van der Waals surface area (Å²) in [4.78, 5) is 0. The molecule has 0 aliphatic rings. The highest BCUT2D eigenvalue weighted by Gasteiger charge is 2.26. The van der Waals surface area contributed by atoms with Gasteiger partial charge in [-0.15, -0.1) is 0 Å². The van der Waals surface area contributed by atoms with E-state index in [0.717, 1.165) is 5.56 Å². The van der Waals surface area contributed by atoms with Crippen LogP contribution >= 0.6 is 0 Å². The first-order chi connectivity index (χ1) is 6.47. The summed E-state index contributed by atoms with van der Waals surface area (Å²) in [7, 11) is 0. The van der Waals surface area contributed by atoms with E-state index < -0.39 is 12.6 Å². The summed E-state index contributed by atoms with van der Waals surface area (Å²) in [5.41, 5.74) is 1.05. The van der Waals surface area contributed by atoms with Crippen LogP contribution < -0.4 is 4.74 Å². The summed E-state index contributed by atoms with van der Waals surface area (Å²) in [5.74, 6) is 0.472. The van der Waals surface area contributed by atoms with Gasteiger partial charge in [0.1, 0.15) is 5.75 Å². The molecule has 1 aromatic carbocycles. The number of aryl methyl sites for hydroxylation is 1. The van der Waals surface area contributed by atoms with Crippen LogP contribution in [0.4, 0.5) is 13.2 Å². The zero-order valence-corrected chi connectivity index (χ0v) is 7.77. The normalized spacial score (nSPS) is 11.4. The quantitative estimate of drug-likeness (QED) is 0.733. The molecule has 0 unspecified atom stereocenters. The van der Waals surface area contributed by atoms with Crippen molar-refractivity contribution in [2.45, 2.75) is 19.5 Å². The monoisotopic (exact) mass is 204 g/mol. The Morgan fingerprint density at radius 3 is 2.21 bits per heavy atom. The van der Waals surface area contributed by atoms with Gasteiger partial charge < -0.3 is 4.74 Å². The number of hydrogen-bond donors (Lipinski definition) is 0. The Morgan fingerprint density at radius 1 is 1.14 bits per heavy atom. The van der Waals surface area contributed by atoms with Gasteiger partial charge in [-0.2, -0.15) is 13.2 Å². The second-order valence-electron chi connectivity index (χ2n) is 3.03. The minimum atomic E-state index is -4.15. The van der Waals surface area contributed by atoms with Gasteiger partial charge in [-0.1, -0.05) is 17.7 Å². The molecule has 0 spiro atoms. The Balaban J connectivity index is 2.35. The highest BCUT2D eigenvalue weighted by molar-refractivity contribution is 5.26. The highest BCUT2D eigenvalue weighted by Crippen LogP contribution is 2.20. The minimum absolute atomic E-state index is 0.327. The van der Waals surface area contributed by atoms with Crippen molar-refractivity contribution in [3.05, 3.63) is 29.8 Å². The highest BCUT2D eigenvalue weighted by atomic mass is 19.4. The van der Waals surface area contributed by atoms with Crippen LogP contribution in [0.25, 0.3) is 0 Å². The smallest absolute Gasteiger partial charge is 0.392 e. The maximum Gasteiger partial charge on any atom is 0.392 e. The molecule has 0 aromatic heterocycles. The molecular formula is C10H11F3O. The van der Waals surface area contributed by atoms with E-state index in [0.29, 0.717) is 5.75 Å². The van der Waals surface area contributed by atoms with Crippen LogP contribution in [0.1, 0.15) is 12.0 Å². The molecule has 0 saturated carbocycles. The van der Waals surface area contributed by atoms with Crippen LogP contribution in [0.5, 0.6) is 5.75 Å². The van der Waals surface area contributed by atoms with Crippen molar-refractivity contribution in [2.75, 3.05) is 6.61 Å². The number of halogens is 3. The van der Waals surface area contributed by atoms with E-state index in [1.165, 1.54) is 0 Å². The Bertz CT molecular complexity index is 276. The third kappa shape index (κ3) is 4.16. The van der Waals surface area contributed by atoms with Crippen molar-refractivity contribution in [2.24, 2.45) is 0 Å². The van der Waals surface area contributed by atoms with E-state index in [-0.39, 0.29) is 6.61 Å². The van der Waals surface area contributed by atoms with Gasteiger partial charge >= 0.3 is 6.18 Å². The van der Waals surface area contributed by atoms with Gasteiger partial charge in [-0.3, -0.25) is 0 Å². The van der Waals surface area contributed by atoms with Crippen LogP contribution in [0.2, 0.25) is 0 Å². The Kier molecular flexibility index (Phi) is 3.38. The average Bonchev–Trinajstić information content (AvgIpc) is 2.06. The van der Waals surface area contributed by atoms with E-state index >= 15 is 0 Å². The van der Waals surface area contributed by atoms with Crippen molar-refractivity contribution in [3.63, 3.8) is 0 Å². The Labute approximate surface area is 80.5 Å². The molecule has 1 nitrogen and oxygen atoms in total. The Morgan fingerprint density at radius 2 is 1.71 bits per heavy atom. The van der Waals surface area contributed by atoms with E-state index in [4.69, 9.17) is 4.74 Å². The zero-order chi connectivity index (χ0) is 10.6. The number of benzene rings is 1. The third-order valence-corrected chi connectivity index (χ3v) is 1.68. The van der Waals surface area contributed by atoms with Crippen molar-refractivity contribution in [1.82, 2.24) is 0 Å². The summed E-state index contributed by atoms with van der Waals surface area (Å²) in [6.45, 7) is 1.58. The van der Waals surface area contributed by atoms with Gasteiger partial charge in [0.25, 0.3) is 0 Å². The lowest BCUT2D eigenvalue weighted by Crippen LogP contribution is -2.12. The molecule has 78 valence electrons. The van der Waals surface area contributed by atoms with Crippen molar-refractivity contribution in [1.29, 1.82) is 0 Å². The Hall–Kier alpha value is -1.19. The molecular weight excluding hydrogens is 193 g/mol. The molecule has 0 heterocycles. The largest absolute Gasteiger partial charge is 0.493 e. The average molecular weight is 204 g/mol. The van der Waals surface area contributed by atoms with Crippen LogP contribution in [0, 0.1) is 6.92 Å². The molecule has 0 amide bonds. The molecule has 0 aliphatic carbocycles. The van der Waals surface area contributed by atoms with Gasteiger partial charge in [-0.25, -0.2) is 0 Å². The van der Waals surface area contributed by atoms with Gasteiger partial charge in [0.15, 0.2) is 0 Å². The van der Waals surface area contributed by atoms with Crippen LogP contribution in [-0.2, 0) is 0 Å². The lowest BCUT2D eigenvalue weighted by atomic mass is 10.2. The van der Waals surface area contributed by atoms with E-state index in [1.54, 1.807) is 24.3 Å². The molecule has 0 fully saturated rings. The van der Waals surface area contributed by atoms with Gasteiger partial charge in [0.2, 0.25) is 0 Å².